The predicted octanol–water partition coefficient (Wildman–Crippen LogP) is 3.24. The first-order valence-corrected chi connectivity index (χ1v) is 5.70. The molecule has 1 heterocycles. The van der Waals surface area contributed by atoms with Gasteiger partial charge in [0.05, 0.1) is 21.8 Å². The third-order valence-electron chi connectivity index (χ3n) is 2.49. The molecule has 0 aliphatic rings. The van der Waals surface area contributed by atoms with E-state index in [1.807, 2.05) is 13.8 Å². The van der Waals surface area contributed by atoms with E-state index in [1.165, 1.54) is 6.07 Å². The largest absolute Gasteiger partial charge is 0.474 e. The van der Waals surface area contributed by atoms with Gasteiger partial charge in [0.1, 0.15) is 0 Å². The van der Waals surface area contributed by atoms with Crippen molar-refractivity contribution in [3.63, 3.8) is 0 Å². The number of ether oxygens (including phenoxy) is 1. The normalized spacial score (nSPS) is 10.9. The summed E-state index contributed by atoms with van der Waals surface area (Å²) in [4.78, 5) is 14.9. The number of nitrogens with zero attached hydrogens (tertiary/aromatic N) is 2. The molecule has 0 unspecified atom stereocenters. The van der Waals surface area contributed by atoms with Gasteiger partial charge in [-0.1, -0.05) is 6.07 Å². The van der Waals surface area contributed by atoms with Crippen LogP contribution in [-0.2, 0) is 0 Å². The number of rotatable bonds is 3. The van der Waals surface area contributed by atoms with Crippen molar-refractivity contribution in [1.82, 2.24) is 4.98 Å². The highest BCUT2D eigenvalue weighted by Crippen LogP contribution is 2.31. The summed E-state index contributed by atoms with van der Waals surface area (Å²) >= 11 is 0. The number of aromatic nitrogens is 1. The Kier molecular flexibility index (Phi) is 3.14. The molecule has 0 N–H and O–H groups in total. The van der Waals surface area contributed by atoms with Gasteiger partial charge in [-0.3, -0.25) is 10.1 Å². The van der Waals surface area contributed by atoms with Crippen molar-refractivity contribution in [2.45, 2.75) is 26.9 Å². The minimum Gasteiger partial charge on any atom is -0.474 e. The number of pyridine rings is 1. The fraction of sp³-hybridized carbons (Fsp3) is 0.308. The van der Waals surface area contributed by atoms with Gasteiger partial charge in [0.2, 0.25) is 5.88 Å². The van der Waals surface area contributed by atoms with Crippen molar-refractivity contribution in [2.75, 3.05) is 0 Å². The van der Waals surface area contributed by atoms with Crippen molar-refractivity contribution in [3.8, 4) is 5.88 Å². The van der Waals surface area contributed by atoms with E-state index in [2.05, 4.69) is 4.98 Å². The van der Waals surface area contributed by atoms with Gasteiger partial charge in [0, 0.05) is 11.8 Å². The second-order valence-electron chi connectivity index (χ2n) is 4.36. The van der Waals surface area contributed by atoms with Gasteiger partial charge in [-0.25, -0.2) is 4.98 Å². The first kappa shape index (κ1) is 12.3. The Balaban J connectivity index is 2.73. The zero-order valence-corrected chi connectivity index (χ0v) is 10.5. The first-order valence-electron chi connectivity index (χ1n) is 5.70. The molecule has 5 heteroatoms. The number of non-ortho nitro benzene ring substituents is 1. The van der Waals surface area contributed by atoms with Crippen LogP contribution in [0.1, 0.15) is 19.5 Å². The van der Waals surface area contributed by atoms with Crippen LogP contribution in [0.25, 0.3) is 10.8 Å². The third-order valence-corrected chi connectivity index (χ3v) is 2.49. The summed E-state index contributed by atoms with van der Waals surface area (Å²) in [5, 5.41) is 12.2. The van der Waals surface area contributed by atoms with Crippen LogP contribution in [0, 0.1) is 17.0 Å². The van der Waals surface area contributed by atoms with E-state index < -0.39 is 0 Å². The fourth-order valence-electron chi connectivity index (χ4n) is 1.83. The van der Waals surface area contributed by atoms with Crippen molar-refractivity contribution in [2.24, 2.45) is 0 Å². The van der Waals surface area contributed by atoms with E-state index in [0.717, 1.165) is 0 Å². The zero-order chi connectivity index (χ0) is 13.3. The highest BCUT2D eigenvalue weighted by Gasteiger charge is 2.16. The monoisotopic (exact) mass is 246 g/mol. The van der Waals surface area contributed by atoms with Gasteiger partial charge in [-0.15, -0.1) is 0 Å². The second-order valence-corrected chi connectivity index (χ2v) is 4.36. The molecular formula is C13H14N2O3. The molecule has 2 rings (SSSR count). The highest BCUT2D eigenvalue weighted by molar-refractivity contribution is 5.94. The molecule has 0 aliphatic carbocycles. The van der Waals surface area contributed by atoms with Crippen LogP contribution in [-0.4, -0.2) is 16.0 Å². The topological polar surface area (TPSA) is 65.3 Å². The summed E-state index contributed by atoms with van der Waals surface area (Å²) < 4.78 is 5.61. The number of nitro groups is 1. The molecule has 94 valence electrons. The summed E-state index contributed by atoms with van der Waals surface area (Å²) in [6.07, 6.45) is -0.0261. The van der Waals surface area contributed by atoms with Crippen LogP contribution in [0.2, 0.25) is 0 Å². The molecule has 2 aromatic rings. The van der Waals surface area contributed by atoms with Crippen LogP contribution >= 0.6 is 0 Å². The van der Waals surface area contributed by atoms with Gasteiger partial charge < -0.3 is 4.74 Å². The lowest BCUT2D eigenvalue weighted by atomic mass is 10.1. The van der Waals surface area contributed by atoms with Gasteiger partial charge in [-0.2, -0.15) is 0 Å². The minimum atomic E-state index is -0.388. The van der Waals surface area contributed by atoms with E-state index in [0.29, 0.717) is 22.3 Å². The Morgan fingerprint density at radius 3 is 2.67 bits per heavy atom. The molecule has 0 amide bonds. The molecule has 5 nitrogen and oxygen atoms in total. The van der Waals surface area contributed by atoms with E-state index in [-0.39, 0.29) is 16.7 Å². The number of benzene rings is 1. The maximum absolute atomic E-state index is 11.0. The van der Waals surface area contributed by atoms with Crippen molar-refractivity contribution in [1.29, 1.82) is 0 Å². The Morgan fingerprint density at radius 2 is 2.06 bits per heavy atom. The summed E-state index contributed by atoms with van der Waals surface area (Å²) in [5.41, 5.74) is 0.777. The molecule has 0 saturated carbocycles. The molecule has 1 aromatic carbocycles. The number of fused-ring (bicyclic) bond motifs is 1. The first-order chi connectivity index (χ1) is 8.49. The van der Waals surface area contributed by atoms with Gasteiger partial charge in [-0.05, 0) is 32.9 Å². The SMILES string of the molecule is Cc1cc2c([N+](=O)[O-])cccc2c(OC(C)C)n1. The minimum absolute atomic E-state index is 0.0261. The fourth-order valence-corrected chi connectivity index (χ4v) is 1.83. The van der Waals surface area contributed by atoms with Crippen LogP contribution < -0.4 is 4.74 Å². The lowest BCUT2D eigenvalue weighted by Gasteiger charge is -2.12. The molecule has 0 radical (unpaired) electrons. The maximum atomic E-state index is 11.0. The summed E-state index contributed by atoms with van der Waals surface area (Å²) in [7, 11) is 0. The number of hydrogen-bond donors (Lipinski definition) is 0. The Bertz CT molecular complexity index is 608. The summed E-state index contributed by atoms with van der Waals surface area (Å²) in [6, 6.07) is 6.62. The van der Waals surface area contributed by atoms with Gasteiger partial charge >= 0.3 is 0 Å². The van der Waals surface area contributed by atoms with Gasteiger partial charge in [0.15, 0.2) is 0 Å². The Morgan fingerprint density at radius 1 is 1.33 bits per heavy atom. The molecular weight excluding hydrogens is 232 g/mol. The summed E-state index contributed by atoms with van der Waals surface area (Å²) in [6.45, 7) is 5.59. The second kappa shape index (κ2) is 4.60. The third kappa shape index (κ3) is 2.25. The number of aryl methyl sites for hydroxylation is 1. The molecule has 0 spiro atoms. The van der Waals surface area contributed by atoms with Crippen molar-refractivity contribution in [3.05, 3.63) is 40.1 Å². The lowest BCUT2D eigenvalue weighted by molar-refractivity contribution is -0.383. The average Bonchev–Trinajstić information content (AvgIpc) is 2.26. The van der Waals surface area contributed by atoms with Crippen LogP contribution in [0.3, 0.4) is 0 Å². The van der Waals surface area contributed by atoms with Crippen LogP contribution in [0.4, 0.5) is 5.69 Å². The lowest BCUT2D eigenvalue weighted by Crippen LogP contribution is -2.08. The summed E-state index contributed by atoms with van der Waals surface area (Å²) in [5.74, 6) is 0.448. The molecule has 0 aliphatic heterocycles. The van der Waals surface area contributed by atoms with Gasteiger partial charge in [0.25, 0.3) is 5.69 Å². The molecule has 0 fully saturated rings. The number of nitro benzene ring substituents is 1. The van der Waals surface area contributed by atoms with Crippen LogP contribution in [0.5, 0.6) is 5.88 Å². The Labute approximate surface area is 105 Å². The highest BCUT2D eigenvalue weighted by atomic mass is 16.6. The van der Waals surface area contributed by atoms with E-state index >= 15 is 0 Å². The Hall–Kier alpha value is -2.17. The quantitative estimate of drug-likeness (QED) is 0.616. The molecule has 1 aromatic heterocycles. The van der Waals surface area contributed by atoms with E-state index in [4.69, 9.17) is 4.74 Å². The number of hydrogen-bond acceptors (Lipinski definition) is 4. The smallest absolute Gasteiger partial charge is 0.277 e. The molecule has 18 heavy (non-hydrogen) atoms. The molecule has 0 bridgehead atoms. The van der Waals surface area contributed by atoms with E-state index in [1.54, 1.807) is 25.1 Å². The predicted molar refractivity (Wildman–Crippen MR) is 68.9 cm³/mol. The maximum Gasteiger partial charge on any atom is 0.277 e. The van der Waals surface area contributed by atoms with Crippen molar-refractivity contribution < 1.29 is 9.66 Å². The standard InChI is InChI=1S/C13H14N2O3/c1-8(2)18-13-10-5-4-6-12(15(16)17)11(10)7-9(3)14-13/h4-8H,1-3H3. The molecule has 0 saturated heterocycles. The molecule has 0 atom stereocenters. The average molecular weight is 246 g/mol. The zero-order valence-electron chi connectivity index (χ0n) is 10.5. The van der Waals surface area contributed by atoms with Crippen LogP contribution in [0.15, 0.2) is 24.3 Å². The van der Waals surface area contributed by atoms with Crippen molar-refractivity contribution >= 4 is 16.5 Å². The van der Waals surface area contributed by atoms with E-state index in [9.17, 15) is 10.1 Å².